The monoisotopic (exact) mass is 709 g/mol. The van der Waals surface area contributed by atoms with Gasteiger partial charge in [-0.3, -0.25) is 0 Å². The third-order valence-corrected chi connectivity index (χ3v) is 9.14. The number of aliphatic hydroxyl groups is 2. The Bertz CT molecular complexity index is 1350. The molecule has 0 bridgehead atoms. The van der Waals surface area contributed by atoms with Crippen LogP contribution in [0, 0.1) is 11.8 Å². The highest BCUT2D eigenvalue weighted by Gasteiger charge is 2.26. The first-order chi connectivity index (χ1) is 24.2. The standard InChI is InChI=1S/C50H76O2/c1-39(2)31-35-47(49(11,12)51)37-33-45(9)29-19-27-43(7)25-17-23-41(5)21-15-16-22-42(6)24-18-26-44(8)28-20-30-46(10)34-38-48(50(13,14)52)36-32-40(3)4/h15-32,47-48,51-52H,33-38H2,1-14H3. The van der Waals surface area contributed by atoms with Crippen LogP contribution in [-0.4, -0.2) is 21.4 Å². The molecule has 2 heteroatoms. The lowest BCUT2D eigenvalue weighted by Crippen LogP contribution is -2.30. The van der Waals surface area contributed by atoms with Gasteiger partial charge in [0.2, 0.25) is 0 Å². The summed E-state index contributed by atoms with van der Waals surface area (Å²) < 4.78 is 0. The molecule has 0 aliphatic rings. The maximum absolute atomic E-state index is 10.6. The fourth-order valence-corrected chi connectivity index (χ4v) is 5.31. The van der Waals surface area contributed by atoms with Crippen LogP contribution in [-0.2, 0) is 0 Å². The molecule has 0 aromatic carbocycles. The number of hydrogen-bond donors (Lipinski definition) is 2. The molecule has 0 aliphatic heterocycles. The molecule has 2 nitrogen and oxygen atoms in total. The van der Waals surface area contributed by atoms with Crippen LogP contribution >= 0.6 is 0 Å². The van der Waals surface area contributed by atoms with E-state index in [1.807, 2.05) is 27.7 Å². The van der Waals surface area contributed by atoms with Crippen molar-refractivity contribution in [1.29, 1.82) is 0 Å². The molecule has 0 spiro atoms. The van der Waals surface area contributed by atoms with Crippen molar-refractivity contribution in [1.82, 2.24) is 0 Å². The van der Waals surface area contributed by atoms with E-state index >= 15 is 0 Å². The first-order valence-corrected chi connectivity index (χ1v) is 19.3. The van der Waals surface area contributed by atoms with Crippen molar-refractivity contribution in [2.75, 3.05) is 0 Å². The van der Waals surface area contributed by atoms with Gasteiger partial charge in [-0.1, -0.05) is 154 Å². The topological polar surface area (TPSA) is 40.5 Å². The molecule has 0 aromatic heterocycles. The molecule has 2 atom stereocenters. The van der Waals surface area contributed by atoms with Crippen molar-refractivity contribution in [3.63, 3.8) is 0 Å². The minimum atomic E-state index is -0.673. The summed E-state index contributed by atoms with van der Waals surface area (Å²) in [5.74, 6) is 0.504. The van der Waals surface area contributed by atoms with Gasteiger partial charge < -0.3 is 10.2 Å². The average molecular weight is 709 g/mol. The third-order valence-electron chi connectivity index (χ3n) is 9.14. The van der Waals surface area contributed by atoms with E-state index in [0.717, 1.165) is 38.5 Å². The SMILES string of the molecule is CC(C)=CCC(CCC(C)=CC=CC(C)=CC=CC(C)=CC=CC=C(C)C=CC=C(C)C=CC=C(C)CCC(CC=C(C)C)C(C)(C)O)C(C)(C)O. The molecule has 2 N–H and O–H groups in total. The van der Waals surface area contributed by atoms with Crippen LogP contribution in [0.5, 0.6) is 0 Å². The first-order valence-electron chi connectivity index (χ1n) is 19.3. The molecule has 52 heavy (non-hydrogen) atoms. The summed E-state index contributed by atoms with van der Waals surface area (Å²) in [5.41, 5.74) is 8.68. The average Bonchev–Trinajstić information content (AvgIpc) is 3.01. The zero-order valence-electron chi connectivity index (χ0n) is 35.7. The lowest BCUT2D eigenvalue weighted by atomic mass is 9.83. The molecule has 288 valence electrons. The zero-order valence-corrected chi connectivity index (χ0v) is 35.7. The summed E-state index contributed by atoms with van der Waals surface area (Å²) in [5, 5.41) is 21.2. The second kappa shape index (κ2) is 26.3. The quantitative estimate of drug-likeness (QED) is 0.0868. The van der Waals surface area contributed by atoms with Crippen LogP contribution in [0.25, 0.3) is 0 Å². The lowest BCUT2D eigenvalue weighted by Gasteiger charge is -2.29. The van der Waals surface area contributed by atoms with E-state index in [1.165, 1.54) is 44.6 Å². The second-order valence-corrected chi connectivity index (χ2v) is 16.3. The zero-order chi connectivity index (χ0) is 39.7. The third kappa shape index (κ3) is 27.2. The lowest BCUT2D eigenvalue weighted by molar-refractivity contribution is 0.0140. The Morgan fingerprint density at radius 1 is 0.423 bits per heavy atom. The van der Waals surface area contributed by atoms with Crippen molar-refractivity contribution in [3.05, 3.63) is 154 Å². The number of rotatable bonds is 22. The van der Waals surface area contributed by atoms with Crippen LogP contribution in [0.1, 0.15) is 135 Å². The van der Waals surface area contributed by atoms with E-state index in [1.54, 1.807) is 0 Å². The minimum Gasteiger partial charge on any atom is -0.390 e. The maximum atomic E-state index is 10.6. The van der Waals surface area contributed by atoms with Gasteiger partial charge in [0, 0.05) is 0 Å². The highest BCUT2D eigenvalue weighted by molar-refractivity contribution is 5.32. The predicted octanol–water partition coefficient (Wildman–Crippen LogP) is 14.5. The van der Waals surface area contributed by atoms with Gasteiger partial charge in [-0.25, -0.2) is 0 Å². The summed E-state index contributed by atoms with van der Waals surface area (Å²) in [6.45, 7) is 28.9. The number of allylic oxidation sites excluding steroid dienone is 26. The molecule has 0 aliphatic carbocycles. The molecule has 0 radical (unpaired) electrons. The smallest absolute Gasteiger partial charge is 0.0622 e. The van der Waals surface area contributed by atoms with Crippen LogP contribution in [0.15, 0.2) is 154 Å². The van der Waals surface area contributed by atoms with Gasteiger partial charge in [-0.15, -0.1) is 0 Å². The Balaban J connectivity index is 4.93. The highest BCUT2D eigenvalue weighted by atomic mass is 16.3. The van der Waals surface area contributed by atoms with Gasteiger partial charge in [0.15, 0.2) is 0 Å². The fourth-order valence-electron chi connectivity index (χ4n) is 5.31. The van der Waals surface area contributed by atoms with Crippen molar-refractivity contribution < 1.29 is 10.2 Å². The summed E-state index contributed by atoms with van der Waals surface area (Å²) in [7, 11) is 0. The highest BCUT2D eigenvalue weighted by Crippen LogP contribution is 2.29. The largest absolute Gasteiger partial charge is 0.390 e. The van der Waals surface area contributed by atoms with E-state index in [0.29, 0.717) is 0 Å². The van der Waals surface area contributed by atoms with E-state index < -0.39 is 11.2 Å². The Labute approximate surface area is 321 Å². The Hall–Kier alpha value is -3.46. The maximum Gasteiger partial charge on any atom is 0.0622 e. The van der Waals surface area contributed by atoms with Crippen molar-refractivity contribution >= 4 is 0 Å². The first kappa shape index (κ1) is 48.5. The molecule has 0 saturated carbocycles. The Kier molecular flexibility index (Phi) is 24.6. The summed E-state index contributed by atoms with van der Waals surface area (Å²) >= 11 is 0. The molecule has 0 saturated heterocycles. The van der Waals surface area contributed by atoms with Gasteiger partial charge >= 0.3 is 0 Å². The molecular weight excluding hydrogens is 633 g/mol. The molecular formula is C50H76O2. The fraction of sp³-hybridized carbons (Fsp3) is 0.480. The summed E-state index contributed by atoms with van der Waals surface area (Å²) in [4.78, 5) is 0. The van der Waals surface area contributed by atoms with Crippen LogP contribution in [0.3, 0.4) is 0 Å². The van der Waals surface area contributed by atoms with Gasteiger partial charge in [-0.2, -0.15) is 0 Å². The van der Waals surface area contributed by atoms with Crippen molar-refractivity contribution in [2.24, 2.45) is 11.8 Å². The van der Waals surface area contributed by atoms with Crippen molar-refractivity contribution in [2.45, 2.75) is 147 Å². The number of hydrogen-bond acceptors (Lipinski definition) is 2. The Morgan fingerprint density at radius 2 is 0.692 bits per heavy atom. The van der Waals surface area contributed by atoms with Gasteiger partial charge in [0.05, 0.1) is 11.2 Å². The Morgan fingerprint density at radius 3 is 0.962 bits per heavy atom. The molecule has 0 aromatic rings. The molecule has 0 fully saturated rings. The second-order valence-electron chi connectivity index (χ2n) is 16.3. The minimum absolute atomic E-state index is 0.252. The van der Waals surface area contributed by atoms with Gasteiger partial charge in [-0.05, 0) is 147 Å². The predicted molar refractivity (Wildman–Crippen MR) is 234 cm³/mol. The van der Waals surface area contributed by atoms with Crippen LogP contribution < -0.4 is 0 Å². The molecule has 0 rings (SSSR count). The summed E-state index contributed by atoms with van der Waals surface area (Å²) in [6.07, 6.45) is 44.2. The van der Waals surface area contributed by atoms with E-state index in [-0.39, 0.29) is 11.8 Å². The van der Waals surface area contributed by atoms with Gasteiger partial charge in [0.1, 0.15) is 0 Å². The van der Waals surface area contributed by atoms with Crippen LogP contribution in [0.4, 0.5) is 0 Å². The normalized spacial score (nSPS) is 16.3. The molecule has 2 unspecified atom stereocenters. The van der Waals surface area contributed by atoms with Crippen molar-refractivity contribution in [3.8, 4) is 0 Å². The van der Waals surface area contributed by atoms with Crippen LogP contribution in [0.2, 0.25) is 0 Å². The van der Waals surface area contributed by atoms with E-state index in [2.05, 4.69) is 179 Å². The molecule has 0 heterocycles. The van der Waals surface area contributed by atoms with Gasteiger partial charge in [0.25, 0.3) is 0 Å². The summed E-state index contributed by atoms with van der Waals surface area (Å²) in [6, 6.07) is 0. The molecule has 0 amide bonds. The van der Waals surface area contributed by atoms with E-state index in [9.17, 15) is 10.2 Å². The van der Waals surface area contributed by atoms with E-state index in [4.69, 9.17) is 0 Å².